The van der Waals surface area contributed by atoms with Crippen molar-refractivity contribution < 1.29 is 32.2 Å². The molecule has 0 aliphatic carbocycles. The number of benzene rings is 2. The Labute approximate surface area is 231 Å². The van der Waals surface area contributed by atoms with Gasteiger partial charge in [-0.25, -0.2) is 18.2 Å². The largest absolute Gasteiger partial charge is 0.491 e. The monoisotopic (exact) mass is 561 g/mol. The van der Waals surface area contributed by atoms with E-state index in [0.717, 1.165) is 18.2 Å². The molecule has 3 heterocycles. The van der Waals surface area contributed by atoms with E-state index in [-0.39, 0.29) is 46.1 Å². The second kappa shape index (κ2) is 11.1. The number of carbonyl (C=O) groups excluding carboxylic acids is 1. The topological polar surface area (TPSA) is 103 Å². The molecule has 41 heavy (non-hydrogen) atoms. The Morgan fingerprint density at radius 3 is 2.44 bits per heavy atom. The van der Waals surface area contributed by atoms with Gasteiger partial charge >= 0.3 is 0 Å². The summed E-state index contributed by atoms with van der Waals surface area (Å²) in [5, 5.41) is 0. The average molecular weight is 562 g/mol. The highest BCUT2D eigenvalue weighted by Crippen LogP contribution is 2.34. The van der Waals surface area contributed by atoms with E-state index in [2.05, 4.69) is 15.0 Å². The molecule has 0 atom stereocenters. The highest BCUT2D eigenvalue weighted by molar-refractivity contribution is 5.98. The van der Waals surface area contributed by atoms with E-state index >= 15 is 4.39 Å². The van der Waals surface area contributed by atoms with Crippen molar-refractivity contribution in [1.82, 2.24) is 15.0 Å². The zero-order valence-electron chi connectivity index (χ0n) is 22.1. The molecule has 3 aromatic heterocycles. The summed E-state index contributed by atoms with van der Waals surface area (Å²) < 4.78 is 59.2. The molecule has 0 aliphatic heterocycles. The first-order valence-corrected chi connectivity index (χ1v) is 12.2. The maximum Gasteiger partial charge on any atom is 0.257 e. The van der Waals surface area contributed by atoms with Crippen molar-refractivity contribution in [2.75, 3.05) is 14.2 Å². The van der Waals surface area contributed by atoms with Crippen LogP contribution in [0.25, 0.3) is 22.2 Å². The second-order valence-electron chi connectivity index (χ2n) is 9.00. The number of hydrogen-bond acceptors (Lipinski definition) is 7. The Balaban J connectivity index is 1.41. The number of methoxy groups -OCH3 is 2. The normalized spacial score (nSPS) is 11.0. The molecule has 0 unspecified atom stereocenters. The van der Waals surface area contributed by atoms with Crippen molar-refractivity contribution in [3.63, 3.8) is 0 Å². The van der Waals surface area contributed by atoms with E-state index < -0.39 is 28.7 Å². The first-order chi connectivity index (χ1) is 19.7. The van der Waals surface area contributed by atoms with Crippen LogP contribution in [0.4, 0.5) is 13.2 Å². The summed E-state index contributed by atoms with van der Waals surface area (Å²) in [5.41, 5.74) is 0.145. The molecule has 2 aromatic carbocycles. The fourth-order valence-electron chi connectivity index (χ4n) is 4.37. The Bertz CT molecular complexity index is 1870. The van der Waals surface area contributed by atoms with Crippen LogP contribution in [0.15, 0.2) is 65.7 Å². The van der Waals surface area contributed by atoms with Gasteiger partial charge in [0.15, 0.2) is 28.8 Å². The number of nitrogens with zero attached hydrogens (tertiary/aromatic N) is 2. The third-order valence-electron chi connectivity index (χ3n) is 6.38. The molecular weight excluding hydrogens is 539 g/mol. The number of H-pyrrole nitrogens is 1. The first-order valence-electron chi connectivity index (χ1n) is 12.2. The molecule has 0 radical (unpaired) electrons. The first kappa shape index (κ1) is 27.4. The van der Waals surface area contributed by atoms with E-state index in [1.54, 1.807) is 6.07 Å². The average Bonchev–Trinajstić information content (AvgIpc) is 2.94. The highest BCUT2D eigenvalue weighted by atomic mass is 19.1. The standard InChI is InChI=1S/C30H22F3N3O5/c1-15-27(18-6-5-17(31)12-20(18)32)29(38)19(14-35-15)23(37)11-16-4-7-24(21(33)10-16)41-25-8-9-34-22-13-26(39-2)30(40-3)36-28(22)25/h4-10,12-14H,11H2,1-3H3,(H,35,38). The van der Waals surface area contributed by atoms with Crippen LogP contribution in [0, 0.1) is 24.4 Å². The van der Waals surface area contributed by atoms with E-state index in [9.17, 15) is 18.4 Å². The van der Waals surface area contributed by atoms with Gasteiger partial charge in [0, 0.05) is 48.3 Å². The molecule has 5 rings (SSSR count). The van der Waals surface area contributed by atoms with Crippen molar-refractivity contribution in [2.24, 2.45) is 0 Å². The number of fused-ring (bicyclic) bond motifs is 1. The SMILES string of the molecule is COc1cc2nccc(Oc3ccc(CC(=O)c4c[nH]c(C)c(-c5ccc(F)cc5F)c4=O)cc3F)c2nc1OC. The third kappa shape index (κ3) is 5.33. The lowest BCUT2D eigenvalue weighted by Crippen LogP contribution is -2.20. The molecule has 0 saturated heterocycles. The van der Waals surface area contributed by atoms with Crippen molar-refractivity contribution in [2.45, 2.75) is 13.3 Å². The van der Waals surface area contributed by atoms with Gasteiger partial charge in [-0.15, -0.1) is 0 Å². The Kier molecular flexibility index (Phi) is 7.43. The van der Waals surface area contributed by atoms with Crippen LogP contribution in [0.3, 0.4) is 0 Å². The van der Waals surface area contributed by atoms with Crippen LogP contribution in [0.1, 0.15) is 21.6 Å². The van der Waals surface area contributed by atoms with Gasteiger partial charge < -0.3 is 19.2 Å². The van der Waals surface area contributed by atoms with Crippen LogP contribution in [-0.4, -0.2) is 35.0 Å². The zero-order valence-corrected chi connectivity index (χ0v) is 22.1. The van der Waals surface area contributed by atoms with Crippen molar-refractivity contribution in [1.29, 1.82) is 0 Å². The third-order valence-corrected chi connectivity index (χ3v) is 6.38. The summed E-state index contributed by atoms with van der Waals surface area (Å²) >= 11 is 0. The van der Waals surface area contributed by atoms with Crippen LogP contribution in [-0.2, 0) is 6.42 Å². The number of aromatic nitrogens is 3. The van der Waals surface area contributed by atoms with Crippen molar-refractivity contribution in [3.05, 3.63) is 105 Å². The molecule has 1 N–H and O–H groups in total. The van der Waals surface area contributed by atoms with Gasteiger partial charge in [0.25, 0.3) is 5.88 Å². The van der Waals surface area contributed by atoms with Gasteiger partial charge in [-0.1, -0.05) is 6.07 Å². The molecule has 0 bridgehead atoms. The van der Waals surface area contributed by atoms with Crippen LogP contribution in [0.5, 0.6) is 23.1 Å². The summed E-state index contributed by atoms with van der Waals surface area (Å²) in [7, 11) is 2.90. The van der Waals surface area contributed by atoms with E-state index in [4.69, 9.17) is 14.2 Å². The minimum Gasteiger partial charge on any atom is -0.491 e. The van der Waals surface area contributed by atoms with Gasteiger partial charge in [0.05, 0.1) is 30.9 Å². The highest BCUT2D eigenvalue weighted by Gasteiger charge is 2.20. The van der Waals surface area contributed by atoms with Gasteiger partial charge in [0.1, 0.15) is 17.2 Å². The number of pyridine rings is 3. The number of aryl methyl sites for hydroxylation is 1. The molecule has 0 aliphatic rings. The molecule has 5 aromatic rings. The molecule has 0 saturated carbocycles. The maximum absolute atomic E-state index is 15.1. The van der Waals surface area contributed by atoms with Crippen LogP contribution < -0.4 is 19.6 Å². The van der Waals surface area contributed by atoms with E-state index in [1.807, 2.05) is 0 Å². The van der Waals surface area contributed by atoms with Crippen LogP contribution in [0.2, 0.25) is 0 Å². The number of nitrogens with one attached hydrogen (secondary N) is 1. The summed E-state index contributed by atoms with van der Waals surface area (Å²) in [6.07, 6.45) is 2.39. The van der Waals surface area contributed by atoms with Gasteiger partial charge in [-0.3, -0.25) is 14.6 Å². The number of aromatic amines is 1. The number of Topliss-reactive ketones (excluding diaryl/α,β-unsaturated/α-hetero) is 1. The fraction of sp³-hybridized carbons (Fsp3) is 0.133. The predicted molar refractivity (Wildman–Crippen MR) is 144 cm³/mol. The number of ether oxygens (including phenoxy) is 3. The summed E-state index contributed by atoms with van der Waals surface area (Å²) in [6, 6.07) is 9.91. The molecule has 0 spiro atoms. The fourth-order valence-corrected chi connectivity index (χ4v) is 4.37. The van der Waals surface area contributed by atoms with Gasteiger partial charge in [-0.2, -0.15) is 0 Å². The predicted octanol–water partition coefficient (Wildman–Crippen LogP) is 5.95. The van der Waals surface area contributed by atoms with Crippen molar-refractivity contribution >= 4 is 16.8 Å². The lowest BCUT2D eigenvalue weighted by Gasteiger charge is -2.12. The number of halogens is 3. The molecule has 0 fully saturated rings. The zero-order chi connectivity index (χ0) is 29.3. The second-order valence-corrected chi connectivity index (χ2v) is 9.00. The number of hydrogen-bond donors (Lipinski definition) is 1. The number of ketones is 1. The number of carbonyl (C=O) groups is 1. The summed E-state index contributed by atoms with van der Waals surface area (Å²) in [6.45, 7) is 1.54. The van der Waals surface area contributed by atoms with Gasteiger partial charge in [-0.05, 0) is 36.8 Å². The van der Waals surface area contributed by atoms with Crippen LogP contribution >= 0.6 is 0 Å². The lowest BCUT2D eigenvalue weighted by atomic mass is 9.97. The molecule has 208 valence electrons. The van der Waals surface area contributed by atoms with Gasteiger partial charge in [0.2, 0.25) is 5.43 Å². The summed E-state index contributed by atoms with van der Waals surface area (Å²) in [5.74, 6) is -2.46. The molecule has 11 heteroatoms. The Morgan fingerprint density at radius 1 is 0.927 bits per heavy atom. The van der Waals surface area contributed by atoms with E-state index in [0.29, 0.717) is 28.5 Å². The number of rotatable bonds is 8. The Morgan fingerprint density at radius 2 is 1.73 bits per heavy atom. The quantitative estimate of drug-likeness (QED) is 0.234. The molecule has 0 amide bonds. The Hall–Kier alpha value is -5.19. The smallest absolute Gasteiger partial charge is 0.257 e. The van der Waals surface area contributed by atoms with E-state index in [1.165, 1.54) is 51.7 Å². The van der Waals surface area contributed by atoms with Crippen molar-refractivity contribution in [3.8, 4) is 34.3 Å². The lowest BCUT2D eigenvalue weighted by molar-refractivity contribution is 0.0991. The minimum atomic E-state index is -0.935. The summed E-state index contributed by atoms with van der Waals surface area (Å²) in [4.78, 5) is 37.6. The minimum absolute atomic E-state index is 0.0873. The molecule has 8 nitrogen and oxygen atoms in total. The maximum atomic E-state index is 15.1. The molecular formula is C30H22F3N3O5.